The number of hydrogen-bond acceptors (Lipinski definition) is 2. The van der Waals surface area contributed by atoms with E-state index in [2.05, 4.69) is 24.1 Å². The number of nitrogens with zero attached hydrogens (tertiary/aromatic N) is 1. The summed E-state index contributed by atoms with van der Waals surface area (Å²) in [5.74, 6) is 1.35. The Balaban J connectivity index is 1.74. The Morgan fingerprint density at radius 3 is 2.73 bits per heavy atom. The van der Waals surface area contributed by atoms with Gasteiger partial charge in [0, 0.05) is 34.7 Å². The highest BCUT2D eigenvalue weighted by Gasteiger charge is 2.34. The summed E-state index contributed by atoms with van der Waals surface area (Å²) in [6.07, 6.45) is 1.75. The third-order valence-corrected chi connectivity index (χ3v) is 6.01. The van der Waals surface area contributed by atoms with Gasteiger partial charge in [-0.2, -0.15) is 0 Å². The van der Waals surface area contributed by atoms with E-state index in [0.717, 1.165) is 45.8 Å². The molecule has 4 rings (SSSR count). The van der Waals surface area contributed by atoms with Crippen molar-refractivity contribution in [2.24, 2.45) is 5.92 Å². The maximum atomic E-state index is 13.1. The predicted octanol–water partition coefficient (Wildman–Crippen LogP) is 5.53. The zero-order valence-corrected chi connectivity index (χ0v) is 18.4. The van der Waals surface area contributed by atoms with Gasteiger partial charge < -0.3 is 19.9 Å². The maximum absolute atomic E-state index is 13.1. The lowest BCUT2D eigenvalue weighted by Crippen LogP contribution is -2.46. The van der Waals surface area contributed by atoms with Crippen LogP contribution in [0.15, 0.2) is 42.5 Å². The second kappa shape index (κ2) is 8.60. The Kier molecular flexibility index (Phi) is 5.91. The molecule has 0 radical (unpaired) electrons. The van der Waals surface area contributed by atoms with Crippen LogP contribution in [0.25, 0.3) is 10.9 Å². The van der Waals surface area contributed by atoms with E-state index in [1.807, 2.05) is 47.4 Å². The van der Waals surface area contributed by atoms with Crippen molar-refractivity contribution in [3.8, 4) is 5.75 Å². The van der Waals surface area contributed by atoms with E-state index in [4.69, 9.17) is 16.3 Å². The second-order valence-corrected chi connectivity index (χ2v) is 8.68. The van der Waals surface area contributed by atoms with E-state index in [9.17, 15) is 4.79 Å². The number of amides is 2. The molecule has 0 saturated carbocycles. The zero-order valence-electron chi connectivity index (χ0n) is 17.7. The number of aromatic nitrogens is 1. The third-order valence-electron chi connectivity index (χ3n) is 5.78. The maximum Gasteiger partial charge on any atom is 0.318 e. The summed E-state index contributed by atoms with van der Waals surface area (Å²) in [6, 6.07) is 13.6. The van der Waals surface area contributed by atoms with Gasteiger partial charge >= 0.3 is 6.03 Å². The zero-order chi connectivity index (χ0) is 21.3. The first-order valence-electron chi connectivity index (χ1n) is 10.5. The average molecular weight is 426 g/mol. The van der Waals surface area contributed by atoms with Gasteiger partial charge in [0.25, 0.3) is 0 Å². The van der Waals surface area contributed by atoms with Crippen molar-refractivity contribution in [1.82, 2.24) is 15.2 Å². The number of carbonyl (C=O) groups is 1. The lowest BCUT2D eigenvalue weighted by atomic mass is 9.92. The monoisotopic (exact) mass is 425 g/mol. The molecule has 0 aliphatic carbocycles. The van der Waals surface area contributed by atoms with Crippen LogP contribution >= 0.6 is 11.6 Å². The van der Waals surface area contributed by atoms with Crippen LogP contribution in [0.2, 0.25) is 5.02 Å². The minimum Gasteiger partial charge on any atom is -0.497 e. The quantitative estimate of drug-likeness (QED) is 0.564. The molecule has 1 aromatic heterocycles. The molecule has 1 aliphatic rings. The van der Waals surface area contributed by atoms with Crippen LogP contribution in [-0.2, 0) is 6.42 Å². The highest BCUT2D eigenvalue weighted by molar-refractivity contribution is 6.31. The number of nitrogens with one attached hydrogen (secondary N) is 2. The van der Waals surface area contributed by atoms with Crippen LogP contribution < -0.4 is 10.1 Å². The molecule has 158 valence electrons. The molecular formula is C24H28ClN3O2. The van der Waals surface area contributed by atoms with Crippen LogP contribution in [0.1, 0.15) is 43.1 Å². The molecule has 2 amide bonds. The molecule has 1 atom stereocenters. The third kappa shape index (κ3) is 3.99. The summed E-state index contributed by atoms with van der Waals surface area (Å²) in [4.78, 5) is 18.6. The van der Waals surface area contributed by atoms with Crippen molar-refractivity contribution in [2.45, 2.75) is 32.7 Å². The molecular weight excluding hydrogens is 398 g/mol. The number of urea groups is 1. The van der Waals surface area contributed by atoms with Gasteiger partial charge in [-0.25, -0.2) is 4.79 Å². The Labute approximate surface area is 182 Å². The number of carbonyl (C=O) groups excluding carboxylic acids is 1. The minimum atomic E-state index is -0.190. The van der Waals surface area contributed by atoms with Crippen molar-refractivity contribution < 1.29 is 9.53 Å². The SMILES string of the molecule is COc1ccc([C@H]2c3[nH]c4ccc(Cl)cc4c3CCN2C(=O)NCCC(C)C)cc1. The summed E-state index contributed by atoms with van der Waals surface area (Å²) < 4.78 is 5.32. The molecule has 3 aromatic rings. The summed E-state index contributed by atoms with van der Waals surface area (Å²) in [5.41, 5.74) is 4.39. The lowest BCUT2D eigenvalue weighted by molar-refractivity contribution is 0.179. The first-order valence-corrected chi connectivity index (χ1v) is 10.8. The van der Waals surface area contributed by atoms with E-state index in [1.54, 1.807) is 7.11 Å². The number of aromatic amines is 1. The Morgan fingerprint density at radius 2 is 2.03 bits per heavy atom. The molecule has 2 N–H and O–H groups in total. The summed E-state index contributed by atoms with van der Waals surface area (Å²) >= 11 is 6.26. The molecule has 1 aliphatic heterocycles. The molecule has 0 bridgehead atoms. The first kappa shape index (κ1) is 20.6. The molecule has 0 fully saturated rings. The van der Waals surface area contributed by atoms with Gasteiger partial charge in [0.1, 0.15) is 5.75 Å². The molecule has 2 aromatic carbocycles. The standard InChI is InChI=1S/C24H28ClN3O2/c1-15(2)10-12-26-24(29)28-13-11-19-20-14-17(25)6-9-21(20)27-22(19)23(28)16-4-7-18(30-3)8-5-16/h4-9,14-15,23,27H,10-13H2,1-3H3,(H,26,29)/t23-/m0/s1. The smallest absolute Gasteiger partial charge is 0.318 e. The average Bonchev–Trinajstić information content (AvgIpc) is 3.10. The molecule has 5 nitrogen and oxygen atoms in total. The second-order valence-electron chi connectivity index (χ2n) is 8.24. The van der Waals surface area contributed by atoms with Gasteiger partial charge in [-0.3, -0.25) is 0 Å². The number of benzene rings is 2. The fourth-order valence-electron chi connectivity index (χ4n) is 4.18. The summed E-state index contributed by atoms with van der Waals surface area (Å²) in [6.45, 7) is 5.65. The number of methoxy groups -OCH3 is 1. The van der Waals surface area contributed by atoms with E-state index < -0.39 is 0 Å². The van der Waals surface area contributed by atoms with Crippen LogP contribution in [0.3, 0.4) is 0 Å². The molecule has 0 unspecified atom stereocenters. The highest BCUT2D eigenvalue weighted by atomic mass is 35.5. The number of hydrogen-bond donors (Lipinski definition) is 2. The topological polar surface area (TPSA) is 57.4 Å². The number of rotatable bonds is 5. The number of fused-ring (bicyclic) bond motifs is 3. The fraction of sp³-hybridized carbons (Fsp3) is 0.375. The minimum absolute atomic E-state index is 0.0289. The van der Waals surface area contributed by atoms with Crippen molar-refractivity contribution in [1.29, 1.82) is 0 Å². The van der Waals surface area contributed by atoms with E-state index in [1.165, 1.54) is 5.56 Å². The Bertz CT molecular complexity index is 1040. The summed E-state index contributed by atoms with van der Waals surface area (Å²) in [7, 11) is 1.66. The van der Waals surface area contributed by atoms with Gasteiger partial charge in [-0.15, -0.1) is 0 Å². The normalized spacial score (nSPS) is 16.0. The van der Waals surface area contributed by atoms with E-state index in [0.29, 0.717) is 19.0 Å². The van der Waals surface area contributed by atoms with E-state index >= 15 is 0 Å². The first-order chi connectivity index (χ1) is 14.5. The van der Waals surface area contributed by atoms with Gasteiger partial charge in [0.05, 0.1) is 13.2 Å². The predicted molar refractivity (Wildman–Crippen MR) is 121 cm³/mol. The Hall–Kier alpha value is -2.66. The largest absolute Gasteiger partial charge is 0.497 e. The number of ether oxygens (including phenoxy) is 1. The van der Waals surface area contributed by atoms with Gasteiger partial charge in [0.15, 0.2) is 0 Å². The highest BCUT2D eigenvalue weighted by Crippen LogP contribution is 2.39. The summed E-state index contributed by atoms with van der Waals surface area (Å²) in [5, 5.41) is 4.96. The van der Waals surface area contributed by atoms with Gasteiger partial charge in [-0.05, 0) is 60.2 Å². The van der Waals surface area contributed by atoms with Crippen molar-refractivity contribution in [3.05, 3.63) is 64.3 Å². The van der Waals surface area contributed by atoms with Gasteiger partial charge in [0.2, 0.25) is 0 Å². The van der Waals surface area contributed by atoms with Crippen molar-refractivity contribution in [3.63, 3.8) is 0 Å². The number of H-pyrrole nitrogens is 1. The number of halogens is 1. The van der Waals surface area contributed by atoms with Crippen LogP contribution in [0.5, 0.6) is 5.75 Å². The van der Waals surface area contributed by atoms with Crippen LogP contribution in [-0.4, -0.2) is 36.1 Å². The molecule has 0 spiro atoms. The van der Waals surface area contributed by atoms with Crippen LogP contribution in [0, 0.1) is 5.92 Å². The van der Waals surface area contributed by atoms with Crippen LogP contribution in [0.4, 0.5) is 4.79 Å². The molecule has 2 heterocycles. The lowest BCUT2D eigenvalue weighted by Gasteiger charge is -2.36. The van der Waals surface area contributed by atoms with Gasteiger partial charge in [-0.1, -0.05) is 37.6 Å². The fourth-order valence-corrected chi connectivity index (χ4v) is 4.35. The Morgan fingerprint density at radius 1 is 1.27 bits per heavy atom. The molecule has 6 heteroatoms. The molecule has 0 saturated heterocycles. The van der Waals surface area contributed by atoms with Crippen molar-refractivity contribution >= 4 is 28.5 Å². The van der Waals surface area contributed by atoms with E-state index in [-0.39, 0.29) is 12.1 Å². The molecule has 30 heavy (non-hydrogen) atoms. The van der Waals surface area contributed by atoms with Crippen molar-refractivity contribution in [2.75, 3.05) is 20.2 Å².